The fourth-order valence-corrected chi connectivity index (χ4v) is 4.88. The molecule has 0 aliphatic carbocycles. The van der Waals surface area contributed by atoms with Gasteiger partial charge in [-0.15, -0.1) is 0 Å². The first-order valence-corrected chi connectivity index (χ1v) is 11.5. The van der Waals surface area contributed by atoms with Gasteiger partial charge in [-0.25, -0.2) is 4.39 Å². The largest absolute Gasteiger partial charge is 0.497 e. The molecule has 2 aromatic carbocycles. The molecule has 1 saturated heterocycles. The number of amides is 2. The molecule has 8 heteroatoms. The molecule has 7 nitrogen and oxygen atoms in total. The van der Waals surface area contributed by atoms with Crippen molar-refractivity contribution >= 4 is 22.7 Å². The highest BCUT2D eigenvalue weighted by Crippen LogP contribution is 2.35. The number of rotatable bonds is 6. The quantitative estimate of drug-likeness (QED) is 0.605. The number of hydrogen-bond donors (Lipinski definition) is 1. The lowest BCUT2D eigenvalue weighted by molar-refractivity contribution is -0.133. The van der Waals surface area contributed by atoms with Crippen molar-refractivity contribution in [1.82, 2.24) is 14.8 Å². The van der Waals surface area contributed by atoms with Crippen LogP contribution in [0.15, 0.2) is 48.5 Å². The second kappa shape index (κ2) is 8.76. The van der Waals surface area contributed by atoms with Crippen molar-refractivity contribution in [2.24, 2.45) is 0 Å². The minimum absolute atomic E-state index is 0.00961. The Morgan fingerprint density at radius 1 is 1.24 bits per heavy atom. The number of nitrogens with one attached hydrogen (secondary N) is 1. The fourth-order valence-electron chi connectivity index (χ4n) is 4.88. The number of aromatic nitrogens is 1. The van der Waals surface area contributed by atoms with Crippen LogP contribution in [0.4, 0.5) is 4.39 Å². The van der Waals surface area contributed by atoms with Gasteiger partial charge in [-0.3, -0.25) is 9.59 Å². The summed E-state index contributed by atoms with van der Waals surface area (Å²) in [5.41, 5.74) is 0.933. The van der Waals surface area contributed by atoms with E-state index in [1.807, 2.05) is 28.8 Å². The molecule has 3 aromatic rings. The smallest absolute Gasteiger partial charge is 0.271 e. The van der Waals surface area contributed by atoms with E-state index in [9.17, 15) is 14.0 Å². The van der Waals surface area contributed by atoms with Crippen molar-refractivity contribution in [3.05, 3.63) is 65.6 Å². The zero-order valence-electron chi connectivity index (χ0n) is 19.3. The number of halogens is 1. The van der Waals surface area contributed by atoms with Crippen molar-refractivity contribution in [3.8, 4) is 5.75 Å². The van der Waals surface area contributed by atoms with E-state index in [0.717, 1.165) is 29.3 Å². The van der Waals surface area contributed by atoms with Crippen LogP contribution >= 0.6 is 0 Å². The zero-order valence-corrected chi connectivity index (χ0v) is 19.3. The topological polar surface area (TPSA) is 72.8 Å². The molecule has 0 unspecified atom stereocenters. The number of fused-ring (bicyclic) bond motifs is 3. The van der Waals surface area contributed by atoms with Gasteiger partial charge in [0.05, 0.1) is 25.3 Å². The van der Waals surface area contributed by atoms with E-state index in [1.165, 1.54) is 12.1 Å². The lowest BCUT2D eigenvalue weighted by Gasteiger charge is -2.44. The molecule has 2 atom stereocenters. The van der Waals surface area contributed by atoms with Crippen LogP contribution in [0.25, 0.3) is 10.9 Å². The molecule has 1 fully saturated rings. The van der Waals surface area contributed by atoms with Gasteiger partial charge in [-0.2, -0.15) is 0 Å². The molecule has 178 valence electrons. The molecule has 3 heterocycles. The Morgan fingerprint density at radius 2 is 2.03 bits per heavy atom. The number of carbonyl (C=O) groups is 2. The number of methoxy groups -OCH3 is 1. The van der Waals surface area contributed by atoms with Crippen LogP contribution in [0.2, 0.25) is 0 Å². The van der Waals surface area contributed by atoms with Crippen LogP contribution < -0.4 is 10.1 Å². The van der Waals surface area contributed by atoms with Crippen molar-refractivity contribution in [2.45, 2.75) is 44.5 Å². The third kappa shape index (κ3) is 3.92. The van der Waals surface area contributed by atoms with Crippen molar-refractivity contribution < 1.29 is 23.5 Å². The summed E-state index contributed by atoms with van der Waals surface area (Å²) in [6.07, 6.45) is 1.87. The standard InChI is InChI=1S/C26H28FN3O4/c1-26(25(32)28-14-21-4-3-11-34-21)16-29-22-13-20(33-2)10-7-18(22)12-23(29)24(31)30(26)15-17-5-8-19(27)9-6-17/h5-10,12-13,21H,3-4,11,14-16H2,1-2H3,(H,28,32)/t21-,26-/m0/s1. The summed E-state index contributed by atoms with van der Waals surface area (Å²) in [7, 11) is 1.60. The first kappa shape index (κ1) is 22.4. The molecule has 0 spiro atoms. The monoisotopic (exact) mass is 465 g/mol. The number of hydrogen-bond acceptors (Lipinski definition) is 4. The van der Waals surface area contributed by atoms with Crippen molar-refractivity contribution in [1.29, 1.82) is 0 Å². The van der Waals surface area contributed by atoms with E-state index in [1.54, 1.807) is 31.1 Å². The normalized spacial score (nSPS) is 22.1. The molecule has 34 heavy (non-hydrogen) atoms. The second-order valence-corrected chi connectivity index (χ2v) is 9.18. The first-order valence-electron chi connectivity index (χ1n) is 11.5. The predicted molar refractivity (Wildman–Crippen MR) is 125 cm³/mol. The lowest BCUT2D eigenvalue weighted by Crippen LogP contribution is -2.64. The minimum atomic E-state index is -1.16. The number of carbonyl (C=O) groups excluding carboxylic acids is 2. The van der Waals surface area contributed by atoms with Gasteiger partial charge in [-0.1, -0.05) is 12.1 Å². The Balaban J connectivity index is 1.53. The van der Waals surface area contributed by atoms with Gasteiger partial charge in [0.25, 0.3) is 5.91 Å². The molecule has 0 bridgehead atoms. The zero-order chi connectivity index (χ0) is 23.9. The van der Waals surface area contributed by atoms with Crippen molar-refractivity contribution in [2.75, 3.05) is 20.3 Å². The third-order valence-corrected chi connectivity index (χ3v) is 6.89. The maximum Gasteiger partial charge on any atom is 0.271 e. The molecular weight excluding hydrogens is 437 g/mol. The van der Waals surface area contributed by atoms with E-state index in [4.69, 9.17) is 9.47 Å². The molecule has 1 N–H and O–H groups in total. The van der Waals surface area contributed by atoms with Gasteiger partial charge in [0.1, 0.15) is 22.8 Å². The lowest BCUT2D eigenvalue weighted by atomic mass is 9.93. The van der Waals surface area contributed by atoms with E-state index in [0.29, 0.717) is 24.6 Å². The van der Waals surface area contributed by atoms with Crippen LogP contribution in [0.3, 0.4) is 0 Å². The summed E-state index contributed by atoms with van der Waals surface area (Å²) in [5.74, 6) is -0.159. The Kier molecular flexibility index (Phi) is 5.77. The van der Waals surface area contributed by atoms with Gasteiger partial charge >= 0.3 is 0 Å². The molecule has 1 aromatic heterocycles. The fraction of sp³-hybridized carbons (Fsp3) is 0.385. The Bertz CT molecular complexity index is 1230. The van der Waals surface area contributed by atoms with Gasteiger partial charge < -0.3 is 24.3 Å². The van der Waals surface area contributed by atoms with Crippen LogP contribution in [-0.4, -0.2) is 53.2 Å². The van der Waals surface area contributed by atoms with Crippen LogP contribution in [-0.2, 0) is 22.6 Å². The highest BCUT2D eigenvalue weighted by Gasteiger charge is 2.47. The molecule has 5 rings (SSSR count). The second-order valence-electron chi connectivity index (χ2n) is 9.18. The van der Waals surface area contributed by atoms with Gasteiger partial charge in [0.2, 0.25) is 5.91 Å². The maximum absolute atomic E-state index is 13.8. The van der Waals surface area contributed by atoms with E-state index in [2.05, 4.69) is 5.32 Å². The van der Waals surface area contributed by atoms with Gasteiger partial charge in [-0.05, 0) is 55.7 Å². The molecule has 0 radical (unpaired) electrons. The average Bonchev–Trinajstić information content (AvgIpc) is 3.49. The Morgan fingerprint density at radius 3 is 2.74 bits per heavy atom. The highest BCUT2D eigenvalue weighted by atomic mass is 19.1. The number of ether oxygens (including phenoxy) is 2. The van der Waals surface area contributed by atoms with Gasteiger partial charge in [0.15, 0.2) is 0 Å². The summed E-state index contributed by atoms with van der Waals surface area (Å²) in [6, 6.07) is 13.5. The summed E-state index contributed by atoms with van der Waals surface area (Å²) >= 11 is 0. The van der Waals surface area contributed by atoms with E-state index < -0.39 is 5.54 Å². The molecule has 2 aliphatic rings. The summed E-state index contributed by atoms with van der Waals surface area (Å²) < 4.78 is 26.4. The van der Waals surface area contributed by atoms with Crippen LogP contribution in [0, 0.1) is 5.82 Å². The summed E-state index contributed by atoms with van der Waals surface area (Å²) in [5, 5.41) is 3.92. The molecule has 2 amide bonds. The number of nitrogens with zero attached hydrogens (tertiary/aromatic N) is 2. The van der Waals surface area contributed by atoms with E-state index >= 15 is 0 Å². The highest BCUT2D eigenvalue weighted by molar-refractivity contribution is 6.03. The molecule has 2 aliphatic heterocycles. The predicted octanol–water partition coefficient (Wildman–Crippen LogP) is 3.50. The minimum Gasteiger partial charge on any atom is -0.497 e. The average molecular weight is 466 g/mol. The number of benzene rings is 2. The van der Waals surface area contributed by atoms with Crippen molar-refractivity contribution in [3.63, 3.8) is 0 Å². The maximum atomic E-state index is 13.8. The summed E-state index contributed by atoms with van der Waals surface area (Å²) in [6.45, 7) is 3.36. The first-order chi connectivity index (χ1) is 16.4. The Labute approximate surface area is 197 Å². The molecule has 0 saturated carbocycles. The van der Waals surface area contributed by atoms with Gasteiger partial charge in [0, 0.05) is 31.1 Å². The van der Waals surface area contributed by atoms with Crippen LogP contribution in [0.1, 0.15) is 35.8 Å². The SMILES string of the molecule is COc1ccc2cc3n(c2c1)C[C@@](C)(C(=O)NC[C@@H]1CCCO1)N(Cc1ccc(F)cc1)C3=O. The van der Waals surface area contributed by atoms with Crippen LogP contribution in [0.5, 0.6) is 5.75 Å². The Hall–Kier alpha value is -3.39. The third-order valence-electron chi connectivity index (χ3n) is 6.89. The summed E-state index contributed by atoms with van der Waals surface area (Å²) in [4.78, 5) is 29.0. The van der Waals surface area contributed by atoms with E-state index in [-0.39, 0.29) is 36.8 Å². The molecular formula is C26H28FN3O4.